The van der Waals surface area contributed by atoms with E-state index in [2.05, 4.69) is 167 Å². The standard InChI is InChI=1S/C43H27N3/c44-28-29-24-32(27-33(25-29)45-40-20-7-2-15-35(40)36-16-3-8-21-41(36)45)30-12-11-13-31(26-30)34-14-1-6-19-39(34)46-42-22-9-4-17-37(42)38-18-5-10-23-43(38)46/h1-27H. The Bertz CT molecular complexity index is 2560. The molecule has 0 spiro atoms. The number of hydrogen-bond acceptors (Lipinski definition) is 1. The van der Waals surface area contributed by atoms with E-state index in [-0.39, 0.29) is 0 Å². The summed E-state index contributed by atoms with van der Waals surface area (Å²) < 4.78 is 4.65. The summed E-state index contributed by atoms with van der Waals surface area (Å²) in [5.74, 6) is 0. The van der Waals surface area contributed by atoms with Gasteiger partial charge in [-0.2, -0.15) is 5.26 Å². The number of fused-ring (bicyclic) bond motifs is 6. The van der Waals surface area contributed by atoms with Crippen LogP contribution in [0.2, 0.25) is 0 Å². The van der Waals surface area contributed by atoms with Crippen LogP contribution in [0, 0.1) is 11.3 Å². The lowest BCUT2D eigenvalue weighted by Crippen LogP contribution is -1.97. The van der Waals surface area contributed by atoms with E-state index in [1.807, 2.05) is 12.1 Å². The van der Waals surface area contributed by atoms with Gasteiger partial charge in [-0.3, -0.25) is 0 Å². The molecule has 3 nitrogen and oxygen atoms in total. The number of aromatic nitrogens is 2. The van der Waals surface area contributed by atoms with Crippen molar-refractivity contribution >= 4 is 43.6 Å². The van der Waals surface area contributed by atoms with Gasteiger partial charge in [0.25, 0.3) is 0 Å². The maximum atomic E-state index is 10.1. The maximum Gasteiger partial charge on any atom is 0.0992 e. The predicted octanol–water partition coefficient (Wildman–Crippen LogP) is 11.1. The molecular weight excluding hydrogens is 558 g/mol. The van der Waals surface area contributed by atoms with E-state index in [4.69, 9.17) is 0 Å². The molecule has 0 amide bonds. The lowest BCUT2D eigenvalue weighted by atomic mass is 9.96. The van der Waals surface area contributed by atoms with Crippen molar-refractivity contribution < 1.29 is 0 Å². The molecule has 0 fully saturated rings. The Morgan fingerprint density at radius 1 is 0.391 bits per heavy atom. The van der Waals surface area contributed by atoms with Gasteiger partial charge in [-0.15, -0.1) is 0 Å². The van der Waals surface area contributed by atoms with Crippen LogP contribution in [0.15, 0.2) is 164 Å². The van der Waals surface area contributed by atoms with E-state index in [0.717, 1.165) is 44.7 Å². The lowest BCUT2D eigenvalue weighted by Gasteiger charge is -2.15. The highest BCUT2D eigenvalue weighted by molar-refractivity contribution is 6.10. The summed E-state index contributed by atoms with van der Waals surface area (Å²) in [7, 11) is 0. The molecule has 3 heteroatoms. The van der Waals surface area contributed by atoms with Crippen molar-refractivity contribution in [1.82, 2.24) is 9.13 Å². The Kier molecular flexibility index (Phi) is 5.88. The average molecular weight is 586 g/mol. The monoisotopic (exact) mass is 585 g/mol. The highest BCUT2D eigenvalue weighted by atomic mass is 15.0. The van der Waals surface area contributed by atoms with E-state index < -0.39 is 0 Å². The fourth-order valence-corrected chi connectivity index (χ4v) is 7.13. The molecule has 0 N–H and O–H groups in total. The quantitative estimate of drug-likeness (QED) is 0.202. The molecule has 0 radical (unpaired) electrons. The first-order valence-electron chi connectivity index (χ1n) is 15.5. The minimum atomic E-state index is 0.630. The van der Waals surface area contributed by atoms with E-state index >= 15 is 0 Å². The molecule has 2 heterocycles. The second-order valence-corrected chi connectivity index (χ2v) is 11.7. The summed E-state index contributed by atoms with van der Waals surface area (Å²) >= 11 is 0. The van der Waals surface area contributed by atoms with Crippen LogP contribution in [-0.2, 0) is 0 Å². The predicted molar refractivity (Wildman–Crippen MR) is 191 cm³/mol. The minimum Gasteiger partial charge on any atom is -0.309 e. The summed E-state index contributed by atoms with van der Waals surface area (Å²) in [5, 5.41) is 15.0. The van der Waals surface area contributed by atoms with Crippen molar-refractivity contribution in [3.05, 3.63) is 169 Å². The van der Waals surface area contributed by atoms with Gasteiger partial charge < -0.3 is 9.13 Å². The molecule has 9 rings (SSSR count). The molecule has 9 aromatic rings. The molecule has 0 aliphatic heterocycles. The Morgan fingerprint density at radius 2 is 0.891 bits per heavy atom. The molecule has 46 heavy (non-hydrogen) atoms. The topological polar surface area (TPSA) is 33.6 Å². The fourth-order valence-electron chi connectivity index (χ4n) is 7.13. The number of hydrogen-bond donors (Lipinski definition) is 0. The van der Waals surface area contributed by atoms with Crippen molar-refractivity contribution in [2.45, 2.75) is 0 Å². The molecule has 0 atom stereocenters. The second-order valence-electron chi connectivity index (χ2n) is 11.7. The van der Waals surface area contributed by atoms with Gasteiger partial charge in [0.2, 0.25) is 0 Å². The van der Waals surface area contributed by atoms with Crippen LogP contribution in [0.3, 0.4) is 0 Å². The zero-order valence-electron chi connectivity index (χ0n) is 24.9. The molecule has 0 unspecified atom stereocenters. The van der Waals surface area contributed by atoms with Gasteiger partial charge in [0.05, 0.1) is 39.4 Å². The van der Waals surface area contributed by atoms with Gasteiger partial charge >= 0.3 is 0 Å². The van der Waals surface area contributed by atoms with Crippen molar-refractivity contribution in [3.8, 4) is 39.7 Å². The van der Waals surface area contributed by atoms with Crippen LogP contribution in [0.1, 0.15) is 5.56 Å². The van der Waals surface area contributed by atoms with E-state index in [1.165, 1.54) is 32.6 Å². The Hall–Kier alpha value is -6.37. The molecule has 2 aromatic heterocycles. The van der Waals surface area contributed by atoms with Gasteiger partial charge in [0.15, 0.2) is 0 Å². The molecule has 214 valence electrons. The van der Waals surface area contributed by atoms with Crippen LogP contribution in [-0.4, -0.2) is 9.13 Å². The lowest BCUT2D eigenvalue weighted by molar-refractivity contribution is 1.18. The van der Waals surface area contributed by atoms with Crippen molar-refractivity contribution in [1.29, 1.82) is 5.26 Å². The van der Waals surface area contributed by atoms with Crippen LogP contribution < -0.4 is 0 Å². The Labute approximate surface area is 266 Å². The molecule has 0 saturated heterocycles. The van der Waals surface area contributed by atoms with Crippen molar-refractivity contribution in [2.75, 3.05) is 0 Å². The highest BCUT2D eigenvalue weighted by Crippen LogP contribution is 2.38. The zero-order chi connectivity index (χ0) is 30.6. The first kappa shape index (κ1) is 26.1. The smallest absolute Gasteiger partial charge is 0.0992 e. The largest absolute Gasteiger partial charge is 0.309 e. The third kappa shape index (κ3) is 3.98. The summed E-state index contributed by atoms with van der Waals surface area (Å²) in [6, 6.07) is 60.1. The number of nitriles is 1. The molecule has 7 aromatic carbocycles. The first-order chi connectivity index (χ1) is 22.8. The van der Waals surface area contributed by atoms with Crippen LogP contribution >= 0.6 is 0 Å². The molecule has 0 saturated carbocycles. The van der Waals surface area contributed by atoms with Gasteiger partial charge in [-0.05, 0) is 71.3 Å². The zero-order valence-corrected chi connectivity index (χ0v) is 24.9. The SMILES string of the molecule is N#Cc1cc(-c2cccc(-c3ccccc3-n3c4ccccc4c4ccccc43)c2)cc(-n2c3ccccc3c3ccccc32)c1. The normalized spacial score (nSPS) is 11.5. The van der Waals surface area contributed by atoms with Gasteiger partial charge in [0, 0.05) is 32.8 Å². The summed E-state index contributed by atoms with van der Waals surface area (Å²) in [6.45, 7) is 0. The molecule has 0 aliphatic rings. The number of para-hydroxylation sites is 5. The maximum absolute atomic E-state index is 10.1. The van der Waals surface area contributed by atoms with E-state index in [1.54, 1.807) is 0 Å². The van der Waals surface area contributed by atoms with Crippen LogP contribution in [0.4, 0.5) is 0 Å². The molecule has 0 aliphatic carbocycles. The van der Waals surface area contributed by atoms with Crippen molar-refractivity contribution in [2.24, 2.45) is 0 Å². The van der Waals surface area contributed by atoms with E-state index in [9.17, 15) is 5.26 Å². The Morgan fingerprint density at radius 3 is 1.48 bits per heavy atom. The fraction of sp³-hybridized carbons (Fsp3) is 0. The van der Waals surface area contributed by atoms with Gasteiger partial charge in [0.1, 0.15) is 0 Å². The number of nitrogens with zero attached hydrogens (tertiary/aromatic N) is 3. The molecular formula is C43H27N3. The highest BCUT2D eigenvalue weighted by Gasteiger charge is 2.17. The van der Waals surface area contributed by atoms with Crippen LogP contribution in [0.5, 0.6) is 0 Å². The number of rotatable bonds is 4. The van der Waals surface area contributed by atoms with Crippen molar-refractivity contribution in [3.63, 3.8) is 0 Å². The summed E-state index contributed by atoms with van der Waals surface area (Å²) in [4.78, 5) is 0. The average Bonchev–Trinajstić information content (AvgIpc) is 3.65. The second kappa shape index (κ2) is 10.4. The summed E-state index contributed by atoms with van der Waals surface area (Å²) in [6.07, 6.45) is 0. The minimum absolute atomic E-state index is 0.630. The first-order valence-corrected chi connectivity index (χ1v) is 15.5. The Balaban J connectivity index is 1.23. The van der Waals surface area contributed by atoms with Gasteiger partial charge in [-0.1, -0.05) is 109 Å². The third-order valence-electron chi connectivity index (χ3n) is 9.12. The summed E-state index contributed by atoms with van der Waals surface area (Å²) in [5.41, 5.74) is 11.7. The van der Waals surface area contributed by atoms with Crippen LogP contribution in [0.25, 0.3) is 77.2 Å². The molecule has 0 bridgehead atoms. The number of benzene rings is 7. The van der Waals surface area contributed by atoms with E-state index in [0.29, 0.717) is 5.56 Å². The van der Waals surface area contributed by atoms with Gasteiger partial charge in [-0.25, -0.2) is 0 Å². The third-order valence-corrected chi connectivity index (χ3v) is 9.12.